The van der Waals surface area contributed by atoms with Crippen molar-refractivity contribution in [2.24, 2.45) is 0 Å². The first-order valence-corrected chi connectivity index (χ1v) is 12.2. The standard InChI is InChI=1S/C29H21FN2O3S/c30-24-16-20(15-23(34)17-22(33)14-19-4-2-1-3-5-19)6-7-26(24)35-27-10-13-32-25-18-28(36-29(25)27)21-8-11-31-12-9-21/h1-13,16,18H,14-15,17H2. The summed E-state index contributed by atoms with van der Waals surface area (Å²) >= 11 is 1.51. The molecule has 0 fully saturated rings. The molecule has 0 aliphatic heterocycles. The third-order valence-electron chi connectivity index (χ3n) is 5.60. The Bertz CT molecular complexity index is 1530. The Balaban J connectivity index is 1.27. The number of nitrogens with zero attached hydrogens (tertiary/aromatic N) is 2. The summed E-state index contributed by atoms with van der Waals surface area (Å²) in [6, 6.07) is 21.2. The van der Waals surface area contributed by atoms with Crippen LogP contribution < -0.4 is 4.74 Å². The van der Waals surface area contributed by atoms with Gasteiger partial charge in [-0.25, -0.2) is 4.39 Å². The van der Waals surface area contributed by atoms with E-state index in [9.17, 15) is 14.0 Å². The number of halogens is 1. The molecule has 5 nitrogen and oxygen atoms in total. The third-order valence-corrected chi connectivity index (χ3v) is 6.78. The molecule has 0 N–H and O–H groups in total. The van der Waals surface area contributed by atoms with Crippen LogP contribution in [0.5, 0.6) is 11.5 Å². The Morgan fingerprint density at radius 3 is 2.31 bits per heavy atom. The van der Waals surface area contributed by atoms with Gasteiger partial charge < -0.3 is 4.74 Å². The summed E-state index contributed by atoms with van der Waals surface area (Å²) in [4.78, 5) is 34.1. The van der Waals surface area contributed by atoms with E-state index in [2.05, 4.69) is 9.97 Å². The lowest BCUT2D eigenvalue weighted by Gasteiger charge is -2.09. The van der Waals surface area contributed by atoms with Crippen LogP contribution in [0.1, 0.15) is 17.5 Å². The van der Waals surface area contributed by atoms with Crippen LogP contribution in [0.25, 0.3) is 20.7 Å². The van der Waals surface area contributed by atoms with Gasteiger partial charge in [-0.1, -0.05) is 36.4 Å². The summed E-state index contributed by atoms with van der Waals surface area (Å²) in [5.41, 5.74) is 3.13. The SMILES string of the molecule is O=C(CC(=O)Cc1ccc(Oc2ccnc3cc(-c4ccncc4)sc23)c(F)c1)Cc1ccccc1. The number of Topliss-reactive ketones (excluding diaryl/α,β-unsaturated/α-hetero) is 2. The van der Waals surface area contributed by atoms with Gasteiger partial charge in [0.15, 0.2) is 11.6 Å². The van der Waals surface area contributed by atoms with Crippen molar-refractivity contribution in [3.63, 3.8) is 0 Å². The predicted molar refractivity (Wildman–Crippen MR) is 138 cm³/mol. The molecule has 0 bridgehead atoms. The molecule has 0 unspecified atom stereocenters. The van der Waals surface area contributed by atoms with Crippen LogP contribution in [0.15, 0.2) is 91.4 Å². The van der Waals surface area contributed by atoms with E-state index < -0.39 is 5.82 Å². The largest absolute Gasteiger partial charge is 0.453 e. The maximum absolute atomic E-state index is 14.9. The molecule has 0 aliphatic carbocycles. The molecule has 0 aliphatic rings. The number of carbonyl (C=O) groups excluding carboxylic acids is 2. The van der Waals surface area contributed by atoms with Gasteiger partial charge in [0.25, 0.3) is 0 Å². The molecule has 0 amide bonds. The zero-order chi connectivity index (χ0) is 24.9. The summed E-state index contributed by atoms with van der Waals surface area (Å²) in [5.74, 6) is -0.429. The average molecular weight is 497 g/mol. The highest BCUT2D eigenvalue weighted by molar-refractivity contribution is 7.22. The number of pyridine rings is 2. The van der Waals surface area contributed by atoms with Crippen LogP contribution in [0, 0.1) is 5.82 Å². The molecule has 0 atom stereocenters. The molecule has 3 heterocycles. The maximum atomic E-state index is 14.9. The molecule has 2 aromatic carbocycles. The van der Waals surface area contributed by atoms with Gasteiger partial charge in [0, 0.05) is 42.4 Å². The van der Waals surface area contributed by atoms with Crippen molar-refractivity contribution in [2.75, 3.05) is 0 Å². The summed E-state index contributed by atoms with van der Waals surface area (Å²) < 4.78 is 21.6. The first-order chi connectivity index (χ1) is 17.5. The van der Waals surface area contributed by atoms with Gasteiger partial charge in [0.05, 0.1) is 16.6 Å². The first-order valence-electron chi connectivity index (χ1n) is 11.4. The van der Waals surface area contributed by atoms with Crippen molar-refractivity contribution < 1.29 is 18.7 Å². The number of hydrogen-bond acceptors (Lipinski definition) is 6. The first kappa shape index (κ1) is 23.5. The van der Waals surface area contributed by atoms with Gasteiger partial charge in [-0.3, -0.25) is 19.6 Å². The van der Waals surface area contributed by atoms with E-state index in [1.807, 2.05) is 48.5 Å². The van der Waals surface area contributed by atoms with Crippen LogP contribution in [-0.4, -0.2) is 21.5 Å². The smallest absolute Gasteiger partial charge is 0.166 e. The summed E-state index contributed by atoms with van der Waals surface area (Å²) in [6.07, 6.45) is 5.09. The van der Waals surface area contributed by atoms with Crippen LogP contribution in [-0.2, 0) is 22.4 Å². The molecule has 178 valence electrons. The van der Waals surface area contributed by atoms with E-state index in [4.69, 9.17) is 4.74 Å². The van der Waals surface area contributed by atoms with Gasteiger partial charge in [0.2, 0.25) is 0 Å². The zero-order valence-electron chi connectivity index (χ0n) is 19.2. The number of fused-ring (bicyclic) bond motifs is 1. The summed E-state index contributed by atoms with van der Waals surface area (Å²) in [7, 11) is 0. The Hall–Kier alpha value is -4.23. The quantitative estimate of drug-likeness (QED) is 0.215. The van der Waals surface area contributed by atoms with E-state index in [0.29, 0.717) is 11.3 Å². The van der Waals surface area contributed by atoms with Crippen molar-refractivity contribution >= 4 is 33.1 Å². The highest BCUT2D eigenvalue weighted by Gasteiger charge is 2.15. The van der Waals surface area contributed by atoms with E-state index >= 15 is 0 Å². The van der Waals surface area contributed by atoms with Gasteiger partial charge in [-0.15, -0.1) is 11.3 Å². The average Bonchev–Trinajstić information content (AvgIpc) is 3.32. The molecule has 7 heteroatoms. The second-order valence-electron chi connectivity index (χ2n) is 8.33. The normalized spacial score (nSPS) is 10.9. The fraction of sp³-hybridized carbons (Fsp3) is 0.103. The zero-order valence-corrected chi connectivity index (χ0v) is 20.0. The molecule has 0 saturated carbocycles. The van der Waals surface area contributed by atoms with E-state index in [1.165, 1.54) is 23.5 Å². The van der Waals surface area contributed by atoms with Crippen molar-refractivity contribution in [3.05, 3.63) is 108 Å². The number of thiophene rings is 1. The number of ether oxygens (including phenoxy) is 1. The maximum Gasteiger partial charge on any atom is 0.166 e. The fourth-order valence-corrected chi connectivity index (χ4v) is 4.98. The van der Waals surface area contributed by atoms with Gasteiger partial charge in [-0.05, 0) is 47.0 Å². The lowest BCUT2D eigenvalue weighted by Crippen LogP contribution is -2.12. The number of rotatable bonds is 9. The Kier molecular flexibility index (Phi) is 6.91. The molecular formula is C29H21FN2O3S. The van der Waals surface area contributed by atoms with Crippen molar-refractivity contribution in [1.82, 2.24) is 9.97 Å². The van der Waals surface area contributed by atoms with Crippen LogP contribution in [0.4, 0.5) is 4.39 Å². The minimum absolute atomic E-state index is 0.0164. The molecule has 5 rings (SSSR count). The molecular weight excluding hydrogens is 475 g/mol. The number of carbonyl (C=O) groups is 2. The summed E-state index contributed by atoms with van der Waals surface area (Å²) in [5, 5.41) is 0. The van der Waals surface area contributed by atoms with E-state index in [1.54, 1.807) is 30.7 Å². The minimum Gasteiger partial charge on any atom is -0.453 e. The monoisotopic (exact) mass is 496 g/mol. The summed E-state index contributed by atoms with van der Waals surface area (Å²) in [6.45, 7) is 0. The lowest BCUT2D eigenvalue weighted by molar-refractivity contribution is -0.126. The molecule has 0 spiro atoms. The number of ketones is 2. The van der Waals surface area contributed by atoms with Crippen molar-refractivity contribution in [2.45, 2.75) is 19.3 Å². The van der Waals surface area contributed by atoms with Crippen LogP contribution in [0.2, 0.25) is 0 Å². The predicted octanol–water partition coefficient (Wildman–Crippen LogP) is 6.60. The van der Waals surface area contributed by atoms with Gasteiger partial charge in [0.1, 0.15) is 17.3 Å². The second-order valence-corrected chi connectivity index (χ2v) is 9.38. The fourth-order valence-electron chi connectivity index (χ4n) is 3.91. The number of aromatic nitrogens is 2. The topological polar surface area (TPSA) is 69.2 Å². The van der Waals surface area contributed by atoms with E-state index in [-0.39, 0.29) is 36.6 Å². The molecule has 0 saturated heterocycles. The molecule has 3 aromatic heterocycles. The molecule has 36 heavy (non-hydrogen) atoms. The molecule has 5 aromatic rings. The Labute approximate surface area is 211 Å². The highest BCUT2D eigenvalue weighted by atomic mass is 32.1. The highest BCUT2D eigenvalue weighted by Crippen LogP contribution is 2.39. The number of benzene rings is 2. The molecule has 0 radical (unpaired) electrons. The Morgan fingerprint density at radius 2 is 1.56 bits per heavy atom. The number of hydrogen-bond donors (Lipinski definition) is 0. The van der Waals surface area contributed by atoms with E-state index in [0.717, 1.165) is 26.2 Å². The minimum atomic E-state index is -0.577. The van der Waals surface area contributed by atoms with Crippen LogP contribution in [0.3, 0.4) is 0 Å². The van der Waals surface area contributed by atoms with Gasteiger partial charge >= 0.3 is 0 Å². The second kappa shape index (κ2) is 10.6. The van der Waals surface area contributed by atoms with Crippen molar-refractivity contribution in [3.8, 4) is 21.9 Å². The van der Waals surface area contributed by atoms with Crippen molar-refractivity contribution in [1.29, 1.82) is 0 Å². The Morgan fingerprint density at radius 1 is 0.806 bits per heavy atom. The lowest BCUT2D eigenvalue weighted by atomic mass is 10.0. The van der Waals surface area contributed by atoms with Gasteiger partial charge in [-0.2, -0.15) is 0 Å². The van der Waals surface area contributed by atoms with Crippen LogP contribution >= 0.6 is 11.3 Å². The third kappa shape index (κ3) is 5.53.